The van der Waals surface area contributed by atoms with Crippen molar-refractivity contribution in [1.29, 1.82) is 0 Å². The van der Waals surface area contributed by atoms with Gasteiger partial charge >= 0.3 is 12.2 Å². The predicted molar refractivity (Wildman–Crippen MR) is 170 cm³/mol. The first kappa shape index (κ1) is 30.9. The Kier molecular flexibility index (Phi) is 8.55. The number of nitrogens with one attached hydrogen (secondary N) is 1. The lowest BCUT2D eigenvalue weighted by Gasteiger charge is -2.24. The van der Waals surface area contributed by atoms with Gasteiger partial charge in [-0.05, 0) is 72.5 Å². The van der Waals surface area contributed by atoms with E-state index < -0.39 is 17.8 Å². The lowest BCUT2D eigenvalue weighted by atomic mass is 9.99. The number of imidazole rings is 1. The van der Waals surface area contributed by atoms with Gasteiger partial charge in [-0.1, -0.05) is 37.7 Å². The van der Waals surface area contributed by atoms with Gasteiger partial charge in [0.05, 0.1) is 29.0 Å². The summed E-state index contributed by atoms with van der Waals surface area (Å²) in [5.74, 6) is 0.190. The summed E-state index contributed by atoms with van der Waals surface area (Å²) in [5, 5.41) is 3.13. The van der Waals surface area contributed by atoms with E-state index >= 15 is 0 Å². The van der Waals surface area contributed by atoms with Gasteiger partial charge in [-0.25, -0.2) is 9.78 Å². The molecule has 0 spiro atoms. The first-order valence-electron chi connectivity index (χ1n) is 13.8. The fourth-order valence-corrected chi connectivity index (χ4v) is 5.66. The van der Waals surface area contributed by atoms with Crippen LogP contribution in [0.5, 0.6) is 0 Å². The van der Waals surface area contributed by atoms with Gasteiger partial charge in [0.25, 0.3) is 0 Å². The number of benzene rings is 3. The SMILES string of the molecule is Cc1cc(-c2cn(-c3ccc(C(F)(F)F)cc3)cn2)ccc1NC(=O)/N=C1\SCC(=O)N1c1cc(N(C)C)ccc1C(C)C. The molecule has 1 N–H and O–H groups in total. The second-order valence-electron chi connectivity index (χ2n) is 10.9. The third kappa shape index (κ3) is 6.49. The summed E-state index contributed by atoms with van der Waals surface area (Å²) in [6.45, 7) is 5.94. The average molecular weight is 621 g/mol. The number of halogens is 3. The Bertz CT molecular complexity index is 1750. The van der Waals surface area contributed by atoms with Crippen LogP contribution in [0, 0.1) is 6.92 Å². The Balaban J connectivity index is 1.34. The van der Waals surface area contributed by atoms with E-state index in [1.54, 1.807) is 22.9 Å². The van der Waals surface area contributed by atoms with Crippen LogP contribution < -0.4 is 15.1 Å². The van der Waals surface area contributed by atoms with Crippen LogP contribution in [0.25, 0.3) is 16.9 Å². The smallest absolute Gasteiger partial charge is 0.378 e. The van der Waals surface area contributed by atoms with Crippen molar-refractivity contribution in [1.82, 2.24) is 9.55 Å². The molecule has 3 aromatic carbocycles. The van der Waals surface area contributed by atoms with E-state index in [0.29, 0.717) is 27.9 Å². The van der Waals surface area contributed by atoms with E-state index in [2.05, 4.69) is 29.1 Å². The van der Waals surface area contributed by atoms with Gasteiger partial charge in [-0.2, -0.15) is 18.2 Å². The van der Waals surface area contributed by atoms with E-state index in [1.165, 1.54) is 35.1 Å². The van der Waals surface area contributed by atoms with Crippen LogP contribution in [-0.4, -0.2) is 46.5 Å². The number of aryl methyl sites for hydroxylation is 1. The summed E-state index contributed by atoms with van der Waals surface area (Å²) < 4.78 is 40.4. The maximum atomic E-state index is 13.1. The highest BCUT2D eigenvalue weighted by molar-refractivity contribution is 8.15. The van der Waals surface area contributed by atoms with Crippen molar-refractivity contribution in [3.63, 3.8) is 0 Å². The molecule has 1 aliphatic rings. The quantitative estimate of drug-likeness (QED) is 0.239. The number of carbonyl (C=O) groups excluding carboxylic acids is 2. The van der Waals surface area contributed by atoms with Gasteiger partial charge < -0.3 is 14.8 Å². The van der Waals surface area contributed by atoms with Crippen molar-refractivity contribution in [2.24, 2.45) is 4.99 Å². The number of alkyl halides is 3. The first-order valence-corrected chi connectivity index (χ1v) is 14.8. The van der Waals surface area contributed by atoms with Crippen LogP contribution in [0.2, 0.25) is 0 Å². The lowest BCUT2D eigenvalue weighted by Crippen LogP contribution is -2.31. The number of amidine groups is 1. The molecule has 5 rings (SSSR count). The molecule has 0 atom stereocenters. The number of aromatic nitrogens is 2. The number of aliphatic imine (C=N–C) groups is 1. The minimum atomic E-state index is -4.40. The van der Waals surface area contributed by atoms with Crippen LogP contribution in [0.4, 0.5) is 35.0 Å². The van der Waals surface area contributed by atoms with Crippen molar-refractivity contribution < 1.29 is 22.8 Å². The van der Waals surface area contributed by atoms with Gasteiger partial charge in [0, 0.05) is 42.9 Å². The van der Waals surface area contributed by atoms with Crippen LogP contribution in [-0.2, 0) is 11.0 Å². The van der Waals surface area contributed by atoms with E-state index in [0.717, 1.165) is 34.5 Å². The molecule has 228 valence electrons. The molecular weight excluding hydrogens is 589 g/mol. The fourth-order valence-electron chi connectivity index (χ4n) is 4.80. The third-order valence-corrected chi connectivity index (χ3v) is 8.12. The van der Waals surface area contributed by atoms with E-state index in [-0.39, 0.29) is 17.6 Å². The monoisotopic (exact) mass is 620 g/mol. The van der Waals surface area contributed by atoms with Crippen LogP contribution >= 0.6 is 11.8 Å². The molecule has 1 aromatic heterocycles. The highest BCUT2D eigenvalue weighted by Crippen LogP contribution is 2.36. The highest BCUT2D eigenvalue weighted by atomic mass is 32.2. The molecule has 12 heteroatoms. The maximum Gasteiger partial charge on any atom is 0.416 e. The molecule has 1 aliphatic heterocycles. The molecule has 0 unspecified atom stereocenters. The molecular formula is C32H31F3N6O2S. The number of nitrogens with zero attached hydrogens (tertiary/aromatic N) is 5. The molecule has 0 radical (unpaired) electrons. The average Bonchev–Trinajstić information content (AvgIpc) is 3.60. The van der Waals surface area contributed by atoms with Crippen molar-refractivity contribution in [2.45, 2.75) is 32.9 Å². The summed E-state index contributed by atoms with van der Waals surface area (Å²) in [4.78, 5) is 38.2. The first-order chi connectivity index (χ1) is 20.8. The number of anilines is 3. The van der Waals surface area contributed by atoms with Crippen LogP contribution in [0.1, 0.15) is 36.5 Å². The molecule has 0 saturated carbocycles. The summed E-state index contributed by atoms with van der Waals surface area (Å²) in [6.07, 6.45) is -1.15. The van der Waals surface area contributed by atoms with E-state index in [9.17, 15) is 22.8 Å². The number of thioether (sulfide) groups is 1. The Morgan fingerprint density at radius 1 is 1.07 bits per heavy atom. The summed E-state index contributed by atoms with van der Waals surface area (Å²) in [5.41, 5.74) is 5.13. The molecule has 8 nitrogen and oxygen atoms in total. The predicted octanol–water partition coefficient (Wildman–Crippen LogP) is 7.72. The Hall–Kier alpha value is -4.58. The molecule has 1 saturated heterocycles. The Morgan fingerprint density at radius 3 is 2.43 bits per heavy atom. The van der Waals surface area contributed by atoms with Crippen molar-refractivity contribution >= 4 is 45.9 Å². The number of carbonyl (C=O) groups is 2. The summed E-state index contributed by atoms with van der Waals surface area (Å²) in [6, 6.07) is 15.6. The second-order valence-corrected chi connectivity index (χ2v) is 11.8. The zero-order valence-electron chi connectivity index (χ0n) is 24.8. The minimum Gasteiger partial charge on any atom is -0.378 e. The van der Waals surface area contributed by atoms with Crippen molar-refractivity contribution in [3.05, 3.63) is 89.9 Å². The van der Waals surface area contributed by atoms with Crippen molar-refractivity contribution in [3.8, 4) is 16.9 Å². The largest absolute Gasteiger partial charge is 0.416 e. The van der Waals surface area contributed by atoms with E-state index in [1.807, 2.05) is 50.2 Å². The van der Waals surface area contributed by atoms with Gasteiger partial charge in [-0.15, -0.1) is 0 Å². The van der Waals surface area contributed by atoms with Gasteiger partial charge in [0.2, 0.25) is 5.91 Å². The topological polar surface area (TPSA) is 82.8 Å². The Labute approximate surface area is 257 Å². The zero-order chi connectivity index (χ0) is 31.8. The third-order valence-electron chi connectivity index (χ3n) is 7.20. The van der Waals surface area contributed by atoms with E-state index in [4.69, 9.17) is 0 Å². The zero-order valence-corrected chi connectivity index (χ0v) is 25.6. The van der Waals surface area contributed by atoms with Gasteiger partial charge in [-0.3, -0.25) is 9.69 Å². The van der Waals surface area contributed by atoms with Crippen LogP contribution in [0.15, 0.2) is 78.2 Å². The van der Waals surface area contributed by atoms with Crippen molar-refractivity contribution in [2.75, 3.05) is 35.0 Å². The molecule has 2 heterocycles. The summed E-state index contributed by atoms with van der Waals surface area (Å²) >= 11 is 1.22. The molecule has 3 amide bonds. The normalized spacial score (nSPS) is 14.5. The number of amides is 3. The molecule has 1 fully saturated rings. The van der Waals surface area contributed by atoms with Crippen LogP contribution in [0.3, 0.4) is 0 Å². The highest BCUT2D eigenvalue weighted by Gasteiger charge is 2.33. The molecule has 44 heavy (non-hydrogen) atoms. The second kappa shape index (κ2) is 12.2. The molecule has 0 bridgehead atoms. The number of hydrogen-bond acceptors (Lipinski definition) is 5. The minimum absolute atomic E-state index is 0.143. The molecule has 0 aliphatic carbocycles. The maximum absolute atomic E-state index is 13.1. The molecule has 4 aromatic rings. The lowest BCUT2D eigenvalue weighted by molar-refractivity contribution is -0.137. The van der Waals surface area contributed by atoms with Gasteiger partial charge in [0.15, 0.2) is 5.17 Å². The Morgan fingerprint density at radius 2 is 1.80 bits per heavy atom. The number of hydrogen-bond donors (Lipinski definition) is 1. The number of urea groups is 1. The fraction of sp³-hybridized carbons (Fsp3) is 0.250. The van der Waals surface area contributed by atoms with Gasteiger partial charge in [0.1, 0.15) is 0 Å². The standard InChI is InChI=1S/C32H31F3N6O2S/c1-19(2)25-12-11-24(39(4)5)15-28(25)41-29(42)17-44-31(41)38-30(43)37-26-13-6-21(14-20(26)3)27-16-40(18-36-27)23-9-7-22(8-10-23)32(33,34)35/h6-16,18-19H,17H2,1-5H3,(H,37,43)/b38-31-. The summed E-state index contributed by atoms with van der Waals surface area (Å²) in [7, 11) is 3.85. The number of rotatable bonds is 6.